The molecule has 1 rings (SSSR count). The molecule has 88 valence electrons. The predicted octanol–water partition coefficient (Wildman–Crippen LogP) is 4.08. The molecular weight excluding hydrogens is 196 g/mol. The summed E-state index contributed by atoms with van der Waals surface area (Å²) in [5.74, 6) is 0. The molecule has 16 heavy (non-hydrogen) atoms. The van der Waals surface area contributed by atoms with E-state index in [1.807, 2.05) is 6.92 Å². The quantitative estimate of drug-likeness (QED) is 0.692. The van der Waals surface area contributed by atoms with Gasteiger partial charge in [0, 0.05) is 0 Å². The molecule has 0 N–H and O–H groups in total. The summed E-state index contributed by atoms with van der Waals surface area (Å²) in [6.07, 6.45) is 4.76. The third kappa shape index (κ3) is 4.09. The summed E-state index contributed by atoms with van der Waals surface area (Å²) in [5, 5.41) is 0. The van der Waals surface area contributed by atoms with E-state index < -0.39 is 0 Å². The van der Waals surface area contributed by atoms with Crippen LogP contribution in [0.4, 0.5) is 0 Å². The van der Waals surface area contributed by atoms with E-state index >= 15 is 0 Å². The number of benzene rings is 1. The van der Waals surface area contributed by atoms with Crippen LogP contribution in [0.25, 0.3) is 0 Å². The maximum absolute atomic E-state index is 5.15. The first-order valence-corrected chi connectivity index (χ1v) is 5.90. The summed E-state index contributed by atoms with van der Waals surface area (Å²) in [7, 11) is 0. The van der Waals surface area contributed by atoms with Crippen molar-refractivity contribution in [3.05, 3.63) is 47.7 Å². The number of allylic oxidation sites excluding steroid dienone is 1. The number of hydrogen-bond donors (Lipinski definition) is 0. The van der Waals surface area contributed by atoms with E-state index in [1.54, 1.807) is 6.26 Å². The molecule has 0 spiro atoms. The molecule has 0 aliphatic carbocycles. The zero-order valence-electron chi connectivity index (χ0n) is 10.8. The molecule has 0 saturated carbocycles. The maximum atomic E-state index is 5.15. The van der Waals surface area contributed by atoms with Gasteiger partial charge in [-0.1, -0.05) is 45.0 Å². The van der Waals surface area contributed by atoms with Crippen LogP contribution in [0, 0.1) is 0 Å². The molecule has 0 atom stereocenters. The van der Waals surface area contributed by atoms with Crippen LogP contribution >= 0.6 is 0 Å². The minimum atomic E-state index is 0.236. The largest absolute Gasteiger partial charge is 0.502 e. The minimum absolute atomic E-state index is 0.236. The molecule has 0 heterocycles. The first-order valence-electron chi connectivity index (χ1n) is 5.90. The minimum Gasteiger partial charge on any atom is -0.502 e. The van der Waals surface area contributed by atoms with Gasteiger partial charge in [0.05, 0.1) is 12.9 Å². The molecule has 0 aromatic heterocycles. The van der Waals surface area contributed by atoms with E-state index in [0.717, 1.165) is 13.0 Å². The van der Waals surface area contributed by atoms with Gasteiger partial charge in [0.25, 0.3) is 0 Å². The Kier molecular flexibility index (Phi) is 4.60. The SMILES string of the molecule is CCOC=CCc1ccc(C(C)(C)C)cc1. The first kappa shape index (κ1) is 12.8. The van der Waals surface area contributed by atoms with Gasteiger partial charge in [-0.25, -0.2) is 0 Å². The molecule has 0 radical (unpaired) electrons. The topological polar surface area (TPSA) is 9.23 Å². The molecule has 1 heteroatoms. The van der Waals surface area contributed by atoms with Crippen molar-refractivity contribution in [1.29, 1.82) is 0 Å². The first-order chi connectivity index (χ1) is 7.54. The summed E-state index contributed by atoms with van der Waals surface area (Å²) >= 11 is 0. The van der Waals surface area contributed by atoms with E-state index in [2.05, 4.69) is 51.1 Å². The molecule has 1 nitrogen and oxygen atoms in total. The standard InChI is InChI=1S/C15H22O/c1-5-16-12-6-7-13-8-10-14(11-9-13)15(2,3)4/h6,8-12H,5,7H2,1-4H3. The second-order valence-electron chi connectivity index (χ2n) is 4.98. The Bertz CT molecular complexity index is 327. The fraction of sp³-hybridized carbons (Fsp3) is 0.467. The van der Waals surface area contributed by atoms with Gasteiger partial charge in [0.2, 0.25) is 0 Å². The van der Waals surface area contributed by atoms with Crippen molar-refractivity contribution in [1.82, 2.24) is 0 Å². The van der Waals surface area contributed by atoms with Gasteiger partial charge in [-0.3, -0.25) is 0 Å². The molecular formula is C15H22O. The monoisotopic (exact) mass is 218 g/mol. The van der Waals surface area contributed by atoms with Crippen molar-refractivity contribution in [2.75, 3.05) is 6.61 Å². The Labute approximate surface area is 99.1 Å². The van der Waals surface area contributed by atoms with E-state index in [9.17, 15) is 0 Å². The zero-order chi connectivity index (χ0) is 12.0. The zero-order valence-corrected chi connectivity index (χ0v) is 10.8. The van der Waals surface area contributed by atoms with Crippen LogP contribution in [0.1, 0.15) is 38.8 Å². The van der Waals surface area contributed by atoms with E-state index in [4.69, 9.17) is 4.74 Å². The van der Waals surface area contributed by atoms with E-state index in [0.29, 0.717) is 0 Å². The average Bonchev–Trinajstić information content (AvgIpc) is 2.24. The summed E-state index contributed by atoms with van der Waals surface area (Å²) in [6.45, 7) is 9.42. The van der Waals surface area contributed by atoms with Gasteiger partial charge < -0.3 is 4.74 Å². The smallest absolute Gasteiger partial charge is 0.0845 e. The average molecular weight is 218 g/mol. The van der Waals surface area contributed by atoms with Crippen LogP contribution in [0.3, 0.4) is 0 Å². The van der Waals surface area contributed by atoms with Crippen molar-refractivity contribution >= 4 is 0 Å². The molecule has 1 aromatic carbocycles. The lowest BCUT2D eigenvalue weighted by Crippen LogP contribution is -2.10. The molecule has 0 fully saturated rings. The highest BCUT2D eigenvalue weighted by atomic mass is 16.5. The lowest BCUT2D eigenvalue weighted by atomic mass is 9.86. The Hall–Kier alpha value is -1.24. The summed E-state index contributed by atoms with van der Waals surface area (Å²) in [6, 6.07) is 8.81. The second kappa shape index (κ2) is 5.74. The highest BCUT2D eigenvalue weighted by Gasteiger charge is 2.12. The van der Waals surface area contributed by atoms with Gasteiger partial charge in [-0.15, -0.1) is 0 Å². The molecule has 0 aliphatic heterocycles. The van der Waals surface area contributed by atoms with Crippen LogP contribution in [-0.2, 0) is 16.6 Å². The van der Waals surface area contributed by atoms with E-state index in [-0.39, 0.29) is 5.41 Å². The van der Waals surface area contributed by atoms with Crippen molar-refractivity contribution < 1.29 is 4.74 Å². The maximum Gasteiger partial charge on any atom is 0.0845 e. The number of hydrogen-bond acceptors (Lipinski definition) is 1. The lowest BCUT2D eigenvalue weighted by molar-refractivity contribution is 0.268. The highest BCUT2D eigenvalue weighted by molar-refractivity contribution is 5.28. The van der Waals surface area contributed by atoms with Gasteiger partial charge in [-0.2, -0.15) is 0 Å². The Morgan fingerprint density at radius 3 is 2.25 bits per heavy atom. The second-order valence-corrected chi connectivity index (χ2v) is 4.98. The molecule has 0 unspecified atom stereocenters. The molecule has 0 aliphatic rings. The highest BCUT2D eigenvalue weighted by Crippen LogP contribution is 2.22. The summed E-state index contributed by atoms with van der Waals surface area (Å²) < 4.78 is 5.15. The lowest BCUT2D eigenvalue weighted by Gasteiger charge is -2.18. The van der Waals surface area contributed by atoms with Gasteiger partial charge in [-0.05, 0) is 36.0 Å². The Morgan fingerprint density at radius 1 is 1.12 bits per heavy atom. The fourth-order valence-electron chi connectivity index (χ4n) is 1.49. The normalized spacial score (nSPS) is 12.0. The fourth-order valence-corrected chi connectivity index (χ4v) is 1.49. The van der Waals surface area contributed by atoms with Gasteiger partial charge >= 0.3 is 0 Å². The van der Waals surface area contributed by atoms with E-state index in [1.165, 1.54) is 11.1 Å². The Morgan fingerprint density at radius 2 is 1.75 bits per heavy atom. The van der Waals surface area contributed by atoms with Crippen LogP contribution < -0.4 is 0 Å². The van der Waals surface area contributed by atoms with Crippen molar-refractivity contribution in [3.8, 4) is 0 Å². The van der Waals surface area contributed by atoms with Gasteiger partial charge in [0.1, 0.15) is 0 Å². The van der Waals surface area contributed by atoms with Crippen LogP contribution in [0.5, 0.6) is 0 Å². The number of rotatable bonds is 4. The third-order valence-corrected chi connectivity index (χ3v) is 2.53. The van der Waals surface area contributed by atoms with Gasteiger partial charge in [0.15, 0.2) is 0 Å². The third-order valence-electron chi connectivity index (χ3n) is 2.53. The Balaban J connectivity index is 2.58. The summed E-state index contributed by atoms with van der Waals surface area (Å²) in [4.78, 5) is 0. The van der Waals surface area contributed by atoms with Crippen LogP contribution in [0.2, 0.25) is 0 Å². The molecule has 0 saturated heterocycles. The molecule has 1 aromatic rings. The van der Waals surface area contributed by atoms with Crippen LogP contribution in [-0.4, -0.2) is 6.61 Å². The van der Waals surface area contributed by atoms with Crippen LogP contribution in [0.15, 0.2) is 36.6 Å². The van der Waals surface area contributed by atoms with Crippen molar-refractivity contribution in [3.63, 3.8) is 0 Å². The predicted molar refractivity (Wildman–Crippen MR) is 69.6 cm³/mol. The summed E-state index contributed by atoms with van der Waals surface area (Å²) in [5.41, 5.74) is 2.94. The molecule has 0 amide bonds. The number of ether oxygens (including phenoxy) is 1. The van der Waals surface area contributed by atoms with Crippen molar-refractivity contribution in [2.24, 2.45) is 0 Å². The molecule has 0 bridgehead atoms. The van der Waals surface area contributed by atoms with Crippen molar-refractivity contribution in [2.45, 2.75) is 39.5 Å².